The zero-order valence-electron chi connectivity index (χ0n) is 35.3. The molecular formula is C43H48O25. The highest BCUT2D eigenvalue weighted by Crippen LogP contribution is 2.41. The molecule has 7 rings (SSSR count). The molecule has 68 heavy (non-hydrogen) atoms. The Labute approximate surface area is 382 Å². The van der Waals surface area contributed by atoms with Crippen LogP contribution in [0, 0.1) is 0 Å². The molecule has 0 radical (unpaired) electrons. The summed E-state index contributed by atoms with van der Waals surface area (Å²) in [5.41, 5.74) is -1.31. The van der Waals surface area contributed by atoms with Crippen LogP contribution in [-0.2, 0) is 33.2 Å². The average molecular weight is 965 g/mol. The van der Waals surface area contributed by atoms with Gasteiger partial charge in [0.15, 0.2) is 47.4 Å². The molecule has 0 amide bonds. The Morgan fingerprint density at radius 1 is 0.647 bits per heavy atom. The Bertz CT molecular complexity index is 2510. The number of aliphatic hydroxyl groups is 9. The number of phenolic OH excluding ortho intramolecular Hbond substituents is 5. The van der Waals surface area contributed by atoms with Gasteiger partial charge in [0.05, 0.1) is 20.3 Å². The molecule has 25 nitrogen and oxygen atoms in total. The predicted octanol–water partition coefficient (Wildman–Crippen LogP) is -2.91. The fraction of sp³-hybridized carbons (Fsp3) is 0.442. The van der Waals surface area contributed by atoms with Crippen molar-refractivity contribution in [2.45, 2.75) is 92.1 Å². The minimum Gasteiger partial charge on any atom is -0.508 e. The van der Waals surface area contributed by atoms with Gasteiger partial charge in [0.25, 0.3) is 0 Å². The Hall–Kier alpha value is -5.88. The number of benzene rings is 3. The number of esters is 1. The van der Waals surface area contributed by atoms with Crippen molar-refractivity contribution in [1.82, 2.24) is 0 Å². The number of methoxy groups -OCH3 is 1. The molecule has 0 aliphatic carbocycles. The summed E-state index contributed by atoms with van der Waals surface area (Å²) in [4.78, 5) is 26.8. The molecule has 0 saturated carbocycles. The van der Waals surface area contributed by atoms with E-state index in [9.17, 15) is 81.1 Å². The van der Waals surface area contributed by atoms with Crippen molar-refractivity contribution >= 4 is 23.0 Å². The third-order valence-corrected chi connectivity index (χ3v) is 11.3. The normalized spacial score (nSPS) is 32.0. The van der Waals surface area contributed by atoms with Crippen molar-refractivity contribution in [2.24, 2.45) is 0 Å². The van der Waals surface area contributed by atoms with Gasteiger partial charge < -0.3 is 114 Å². The van der Waals surface area contributed by atoms with E-state index in [1.807, 2.05) is 0 Å². The van der Waals surface area contributed by atoms with Gasteiger partial charge in [0, 0.05) is 23.8 Å². The topological polar surface area (TPSA) is 404 Å². The Morgan fingerprint density at radius 3 is 1.90 bits per heavy atom. The van der Waals surface area contributed by atoms with Crippen molar-refractivity contribution in [3.05, 3.63) is 70.4 Å². The zero-order valence-corrected chi connectivity index (χ0v) is 35.3. The summed E-state index contributed by atoms with van der Waals surface area (Å²) in [6.45, 7) is -2.74. The van der Waals surface area contributed by atoms with Gasteiger partial charge in [-0.1, -0.05) is 6.07 Å². The van der Waals surface area contributed by atoms with Crippen LogP contribution in [0.5, 0.6) is 40.2 Å². The predicted molar refractivity (Wildman–Crippen MR) is 222 cm³/mol. The highest BCUT2D eigenvalue weighted by atomic mass is 16.8. The summed E-state index contributed by atoms with van der Waals surface area (Å²) in [5, 5.41) is 148. The molecule has 3 aliphatic rings. The van der Waals surface area contributed by atoms with Gasteiger partial charge >= 0.3 is 5.97 Å². The smallest absolute Gasteiger partial charge is 0.330 e. The second kappa shape index (κ2) is 20.8. The van der Waals surface area contributed by atoms with Crippen molar-refractivity contribution in [1.29, 1.82) is 0 Å². The van der Waals surface area contributed by atoms with Crippen LogP contribution in [0.4, 0.5) is 0 Å². The van der Waals surface area contributed by atoms with Crippen molar-refractivity contribution in [3.8, 4) is 51.6 Å². The van der Waals surface area contributed by atoms with Crippen LogP contribution >= 0.6 is 0 Å². The average Bonchev–Trinajstić information content (AvgIpc) is 3.31. The van der Waals surface area contributed by atoms with Crippen molar-refractivity contribution < 1.29 is 119 Å². The third-order valence-electron chi connectivity index (χ3n) is 11.3. The molecule has 0 spiro atoms. The minimum absolute atomic E-state index is 0.117. The Kier molecular flexibility index (Phi) is 15.3. The van der Waals surface area contributed by atoms with E-state index in [1.54, 1.807) is 0 Å². The largest absolute Gasteiger partial charge is 0.508 e. The molecular weight excluding hydrogens is 916 g/mol. The standard InChI is InChI=1S/C43H48O25/c1-60-22-8-15(2-5-19(22)48)3-7-27(51)61-14-26-31(54)33(56)36(59)41(65-26)67-39-34(57)29(52)25(13-45)64-43(39)68-40-35(58)30(53)24(12-44)63-42(40)66-38-32(55)28-21(50)10-17(46)11-23(28)62-37(38)16-4-6-18(47)20(49)9-16/h2-11,24-26,29-31,33-36,39-50,52-54,56-59H,12-14H2,1H3/b7-3+/t24-,25+,26-,29+,30+,31+,33-,34+,35-,36+,39-,40+,41-,42-,43-/m0/s1. The molecule has 4 heterocycles. The van der Waals surface area contributed by atoms with Crippen LogP contribution < -0.4 is 14.9 Å². The van der Waals surface area contributed by atoms with Crippen molar-refractivity contribution in [2.75, 3.05) is 26.9 Å². The van der Waals surface area contributed by atoms with Crippen LogP contribution in [0.3, 0.4) is 0 Å². The summed E-state index contributed by atoms with van der Waals surface area (Å²) >= 11 is 0. The fourth-order valence-corrected chi connectivity index (χ4v) is 7.60. The fourth-order valence-electron chi connectivity index (χ4n) is 7.60. The minimum atomic E-state index is -2.18. The first-order chi connectivity index (χ1) is 32.3. The van der Waals surface area contributed by atoms with E-state index < -0.39 is 169 Å². The number of phenols is 5. The maximum atomic E-state index is 14.2. The Balaban J connectivity index is 1.18. The van der Waals surface area contributed by atoms with Gasteiger partial charge in [-0.25, -0.2) is 4.79 Å². The van der Waals surface area contributed by atoms with Gasteiger partial charge in [-0.2, -0.15) is 0 Å². The molecule has 15 atom stereocenters. The van der Waals surface area contributed by atoms with Crippen LogP contribution in [0.2, 0.25) is 0 Å². The lowest BCUT2D eigenvalue weighted by Crippen LogP contribution is -2.67. The number of ether oxygens (including phenoxy) is 8. The number of carbonyl (C=O) groups excluding carboxylic acids is 1. The Morgan fingerprint density at radius 2 is 1.25 bits per heavy atom. The molecule has 25 heteroatoms. The summed E-state index contributed by atoms with van der Waals surface area (Å²) in [5.74, 6) is -5.04. The number of aliphatic hydroxyl groups excluding tert-OH is 9. The van der Waals surface area contributed by atoms with Crippen LogP contribution in [0.25, 0.3) is 28.4 Å². The number of rotatable bonds is 14. The maximum absolute atomic E-state index is 14.2. The monoisotopic (exact) mass is 964 g/mol. The van der Waals surface area contributed by atoms with E-state index in [1.165, 1.54) is 37.5 Å². The maximum Gasteiger partial charge on any atom is 0.330 e. The second-order valence-electron chi connectivity index (χ2n) is 15.8. The first-order valence-electron chi connectivity index (χ1n) is 20.5. The second-order valence-corrected chi connectivity index (χ2v) is 15.8. The molecule has 14 N–H and O–H groups in total. The lowest BCUT2D eigenvalue weighted by Gasteiger charge is -2.48. The highest BCUT2D eigenvalue weighted by Gasteiger charge is 2.55. The molecule has 0 bridgehead atoms. The van der Waals surface area contributed by atoms with Crippen LogP contribution in [0.15, 0.2) is 63.8 Å². The van der Waals surface area contributed by atoms with E-state index in [-0.39, 0.29) is 17.1 Å². The number of hydrogen-bond acceptors (Lipinski definition) is 25. The lowest BCUT2D eigenvalue weighted by atomic mass is 9.96. The first-order valence-corrected chi connectivity index (χ1v) is 20.5. The molecule has 370 valence electrons. The zero-order chi connectivity index (χ0) is 49.3. The van der Waals surface area contributed by atoms with E-state index in [2.05, 4.69) is 0 Å². The molecule has 3 fully saturated rings. The quantitative estimate of drug-likeness (QED) is 0.0342. The van der Waals surface area contributed by atoms with Crippen LogP contribution in [0.1, 0.15) is 5.56 Å². The van der Waals surface area contributed by atoms with Gasteiger partial charge in [-0.05, 0) is 42.0 Å². The van der Waals surface area contributed by atoms with Crippen LogP contribution in [-0.4, -0.2) is 197 Å². The van der Waals surface area contributed by atoms with Crippen molar-refractivity contribution in [3.63, 3.8) is 0 Å². The van der Waals surface area contributed by atoms with E-state index in [0.717, 1.165) is 30.3 Å². The summed E-state index contributed by atoms with van der Waals surface area (Å²) in [7, 11) is 1.32. The third kappa shape index (κ3) is 10.1. The molecule has 4 aromatic rings. The summed E-state index contributed by atoms with van der Waals surface area (Å²) < 4.78 is 51.0. The van der Waals surface area contributed by atoms with Gasteiger partial charge in [-0.3, -0.25) is 4.79 Å². The van der Waals surface area contributed by atoms with E-state index in [4.69, 9.17) is 42.3 Å². The summed E-state index contributed by atoms with van der Waals surface area (Å²) in [6, 6.07) is 9.09. The summed E-state index contributed by atoms with van der Waals surface area (Å²) in [6.07, 6.45) is -27.7. The van der Waals surface area contributed by atoms with E-state index >= 15 is 0 Å². The van der Waals surface area contributed by atoms with Gasteiger partial charge in [0.2, 0.25) is 17.5 Å². The SMILES string of the molecule is COc1cc(/C=C/C(=O)OC[C@@H]2O[C@@H](O[C@@H]3[C@H](O[C@H]4[C@H](Oc5c(-c6ccc(O)c(O)c6)oc6cc(O)cc(O)c6c5=O)O[C@@H](CO)[C@@H](O)[C@@H]4O)O[C@H](CO)[C@@H](O)[C@H]3O)[C@H](O)[C@@H](O)[C@@H]2O)ccc1O. The molecule has 0 unspecified atom stereocenters. The van der Waals surface area contributed by atoms with Gasteiger partial charge in [0.1, 0.15) is 96.2 Å². The number of hydrogen-bond donors (Lipinski definition) is 14. The molecule has 3 aromatic carbocycles. The molecule has 3 saturated heterocycles. The number of aromatic hydroxyl groups is 5. The number of carbonyl (C=O) groups is 1. The molecule has 3 aliphatic heterocycles. The van der Waals surface area contributed by atoms with Gasteiger partial charge in [-0.15, -0.1) is 0 Å². The highest BCUT2D eigenvalue weighted by molar-refractivity contribution is 5.88. The lowest BCUT2D eigenvalue weighted by molar-refractivity contribution is -0.389. The molecule has 1 aromatic heterocycles. The number of fused-ring (bicyclic) bond motifs is 1. The van der Waals surface area contributed by atoms with E-state index in [0.29, 0.717) is 5.56 Å². The first kappa shape index (κ1) is 50.0.